The fourth-order valence-corrected chi connectivity index (χ4v) is 4.52. The summed E-state index contributed by atoms with van der Waals surface area (Å²) >= 11 is 13.4. The molecule has 0 aliphatic carbocycles. The zero-order valence-corrected chi connectivity index (χ0v) is 19.5. The smallest absolute Gasteiger partial charge is 0.298 e. The number of methoxy groups -OCH3 is 1. The Morgan fingerprint density at radius 1 is 1.03 bits per heavy atom. The summed E-state index contributed by atoms with van der Waals surface area (Å²) in [5.74, 6) is -0.342. The van der Waals surface area contributed by atoms with Gasteiger partial charge in [0.05, 0.1) is 27.7 Å². The highest BCUT2D eigenvalue weighted by atomic mass is 35.5. The van der Waals surface area contributed by atoms with Crippen molar-refractivity contribution >= 4 is 57.9 Å². The second-order valence-corrected chi connectivity index (χ2v) is 8.69. The van der Waals surface area contributed by atoms with Gasteiger partial charge in [-0.3, -0.25) is 9.59 Å². The Kier molecular flexibility index (Phi) is 6.93. The number of rotatable bonds is 6. The van der Waals surface area contributed by atoms with Crippen LogP contribution in [0.2, 0.25) is 10.0 Å². The van der Waals surface area contributed by atoms with Crippen molar-refractivity contribution < 1.29 is 23.5 Å². The van der Waals surface area contributed by atoms with Crippen LogP contribution in [0.15, 0.2) is 65.6 Å². The quantitative estimate of drug-likeness (QED) is 0.340. The molecule has 9 heteroatoms. The van der Waals surface area contributed by atoms with Gasteiger partial charge in [-0.1, -0.05) is 53.5 Å². The number of carbonyl (C=O) groups is 2. The highest BCUT2D eigenvalue weighted by molar-refractivity contribution is 8.19. The fraction of sp³-hybridized carbons (Fsp3) is 0.0833. The summed E-state index contributed by atoms with van der Waals surface area (Å²) in [6.45, 7) is -0.0428. The molecule has 3 aromatic carbocycles. The maximum absolute atomic E-state index is 13.9. The summed E-state index contributed by atoms with van der Waals surface area (Å²) in [4.78, 5) is 26.6. The van der Waals surface area contributed by atoms with Crippen molar-refractivity contribution in [2.75, 3.05) is 12.0 Å². The molecule has 0 saturated carbocycles. The Bertz CT molecular complexity index is 1280. The summed E-state index contributed by atoms with van der Waals surface area (Å²) in [6.07, 6.45) is 1.54. The van der Waals surface area contributed by atoms with E-state index in [9.17, 15) is 14.0 Å². The highest BCUT2D eigenvalue weighted by Gasteiger charge is 2.37. The lowest BCUT2D eigenvalue weighted by molar-refractivity contribution is -0.113. The van der Waals surface area contributed by atoms with Gasteiger partial charge in [0.1, 0.15) is 12.4 Å². The number of carbonyl (C=O) groups excluding carboxylic acids is 2. The number of anilines is 1. The topological polar surface area (TPSA) is 55.8 Å². The van der Waals surface area contributed by atoms with Crippen LogP contribution >= 0.6 is 35.0 Å². The minimum absolute atomic E-state index is 0.0428. The van der Waals surface area contributed by atoms with Gasteiger partial charge in [-0.05, 0) is 53.7 Å². The van der Waals surface area contributed by atoms with Gasteiger partial charge >= 0.3 is 0 Å². The molecule has 1 fully saturated rings. The maximum atomic E-state index is 13.9. The van der Waals surface area contributed by atoms with Gasteiger partial charge in [-0.15, -0.1) is 0 Å². The SMILES string of the molecule is COc1cc(/C=C2\SC(=O)N(c3ccccc3Cl)C2=O)cc(Cl)c1OCc1ccccc1F. The first-order chi connectivity index (χ1) is 15.9. The first-order valence-corrected chi connectivity index (χ1v) is 11.2. The Hall–Kier alpha value is -3.00. The summed E-state index contributed by atoms with van der Waals surface area (Å²) in [6, 6.07) is 16.1. The van der Waals surface area contributed by atoms with Crippen LogP contribution in [-0.2, 0) is 11.4 Å². The van der Waals surface area contributed by atoms with Crippen molar-refractivity contribution in [1.82, 2.24) is 0 Å². The van der Waals surface area contributed by atoms with E-state index in [1.807, 2.05) is 0 Å². The zero-order chi connectivity index (χ0) is 23.5. The minimum Gasteiger partial charge on any atom is -0.493 e. The molecule has 1 saturated heterocycles. The van der Waals surface area contributed by atoms with E-state index in [1.54, 1.807) is 54.6 Å². The van der Waals surface area contributed by atoms with E-state index < -0.39 is 17.0 Å². The van der Waals surface area contributed by atoms with Crippen LogP contribution in [0.1, 0.15) is 11.1 Å². The number of ether oxygens (including phenoxy) is 2. The molecule has 168 valence electrons. The first-order valence-electron chi connectivity index (χ1n) is 9.65. The van der Waals surface area contributed by atoms with E-state index in [-0.39, 0.29) is 22.3 Å². The number of para-hydroxylation sites is 1. The molecule has 5 nitrogen and oxygen atoms in total. The number of nitrogens with zero attached hydrogens (tertiary/aromatic N) is 1. The third kappa shape index (κ3) is 4.85. The fourth-order valence-electron chi connectivity index (χ4n) is 3.19. The molecule has 33 heavy (non-hydrogen) atoms. The number of halogens is 3. The number of hydrogen-bond acceptors (Lipinski definition) is 5. The standard InChI is InChI=1S/C24H16Cl2FNO4S/c1-31-20-11-14(10-17(26)22(20)32-13-15-6-2-4-8-18(15)27)12-21-23(29)28(24(30)33-21)19-9-5-3-7-16(19)25/h2-12H,13H2,1H3/b21-12-. The van der Waals surface area contributed by atoms with E-state index in [4.69, 9.17) is 32.7 Å². The molecule has 3 aromatic rings. The number of hydrogen-bond donors (Lipinski definition) is 0. The van der Waals surface area contributed by atoms with E-state index in [0.29, 0.717) is 27.6 Å². The minimum atomic E-state index is -0.493. The van der Waals surface area contributed by atoms with Crippen LogP contribution in [0.3, 0.4) is 0 Å². The van der Waals surface area contributed by atoms with Crippen LogP contribution in [0.4, 0.5) is 14.9 Å². The van der Waals surface area contributed by atoms with Crippen molar-refractivity contribution in [3.05, 3.63) is 92.6 Å². The molecule has 2 amide bonds. The molecule has 4 rings (SSSR count). The first kappa shape index (κ1) is 23.2. The average Bonchev–Trinajstić information content (AvgIpc) is 3.06. The normalized spacial score (nSPS) is 14.8. The van der Waals surface area contributed by atoms with Gasteiger partial charge in [0, 0.05) is 5.56 Å². The molecule has 1 heterocycles. The van der Waals surface area contributed by atoms with Gasteiger partial charge < -0.3 is 9.47 Å². The lowest BCUT2D eigenvalue weighted by Gasteiger charge is -2.14. The molecule has 0 radical (unpaired) electrons. The summed E-state index contributed by atoms with van der Waals surface area (Å²) in [5.41, 5.74) is 1.21. The van der Waals surface area contributed by atoms with E-state index in [2.05, 4.69) is 0 Å². The second-order valence-electron chi connectivity index (χ2n) is 6.88. The lowest BCUT2D eigenvalue weighted by Crippen LogP contribution is -2.27. The summed E-state index contributed by atoms with van der Waals surface area (Å²) in [7, 11) is 1.44. The lowest BCUT2D eigenvalue weighted by atomic mass is 10.1. The third-order valence-corrected chi connectivity index (χ3v) is 6.24. The van der Waals surface area contributed by atoms with E-state index >= 15 is 0 Å². The van der Waals surface area contributed by atoms with Crippen LogP contribution in [0, 0.1) is 5.82 Å². The van der Waals surface area contributed by atoms with Crippen LogP contribution in [0.25, 0.3) is 6.08 Å². The molecule has 1 aliphatic heterocycles. The molecule has 0 N–H and O–H groups in total. The molecular weight excluding hydrogens is 488 g/mol. The predicted molar refractivity (Wildman–Crippen MR) is 129 cm³/mol. The van der Waals surface area contributed by atoms with Crippen LogP contribution in [-0.4, -0.2) is 18.3 Å². The van der Waals surface area contributed by atoms with Gasteiger partial charge in [-0.2, -0.15) is 0 Å². The van der Waals surface area contributed by atoms with Crippen molar-refractivity contribution in [3.63, 3.8) is 0 Å². The Morgan fingerprint density at radius 3 is 2.48 bits per heavy atom. The number of amides is 2. The number of thioether (sulfide) groups is 1. The summed E-state index contributed by atoms with van der Waals surface area (Å²) < 4.78 is 25.0. The number of benzene rings is 3. The van der Waals surface area contributed by atoms with Gasteiger partial charge in [-0.25, -0.2) is 9.29 Å². The average molecular weight is 504 g/mol. The van der Waals surface area contributed by atoms with E-state index in [0.717, 1.165) is 16.7 Å². The van der Waals surface area contributed by atoms with Gasteiger partial charge in [0.15, 0.2) is 11.5 Å². The molecule has 0 atom stereocenters. The maximum Gasteiger partial charge on any atom is 0.298 e. The second kappa shape index (κ2) is 9.87. The molecular formula is C24H16Cl2FNO4S. The molecule has 1 aliphatic rings. The van der Waals surface area contributed by atoms with E-state index in [1.165, 1.54) is 19.3 Å². The van der Waals surface area contributed by atoms with Crippen LogP contribution in [0.5, 0.6) is 11.5 Å². The van der Waals surface area contributed by atoms with Crippen molar-refractivity contribution in [1.29, 1.82) is 0 Å². The van der Waals surface area contributed by atoms with Crippen molar-refractivity contribution in [2.24, 2.45) is 0 Å². The summed E-state index contributed by atoms with van der Waals surface area (Å²) in [5, 5.41) is 0.0478. The third-order valence-electron chi connectivity index (χ3n) is 4.77. The predicted octanol–water partition coefficient (Wildman–Crippen LogP) is 6.96. The van der Waals surface area contributed by atoms with Gasteiger partial charge in [0.2, 0.25) is 0 Å². The molecule has 0 bridgehead atoms. The Labute approximate surface area is 203 Å². The highest BCUT2D eigenvalue weighted by Crippen LogP contribution is 2.41. The molecule has 0 unspecified atom stereocenters. The van der Waals surface area contributed by atoms with Crippen molar-refractivity contribution in [2.45, 2.75) is 6.61 Å². The van der Waals surface area contributed by atoms with Gasteiger partial charge in [0.25, 0.3) is 11.1 Å². The Balaban J connectivity index is 1.60. The molecule has 0 spiro atoms. The Morgan fingerprint density at radius 2 is 1.76 bits per heavy atom. The zero-order valence-electron chi connectivity index (χ0n) is 17.2. The number of imide groups is 1. The molecule has 0 aromatic heterocycles. The van der Waals surface area contributed by atoms with Crippen LogP contribution < -0.4 is 14.4 Å². The monoisotopic (exact) mass is 503 g/mol. The van der Waals surface area contributed by atoms with Crippen molar-refractivity contribution in [3.8, 4) is 11.5 Å². The largest absolute Gasteiger partial charge is 0.493 e.